The Morgan fingerprint density at radius 2 is 2.04 bits per heavy atom. The zero-order chi connectivity index (χ0) is 17.9. The zero-order valence-corrected chi connectivity index (χ0v) is 13.9. The SMILES string of the molecule is O=C(Cc1ccccc1)NCC(=O)N1C[C@H]2COCC[C@@]2(C(=O)O)C1. The Labute approximate surface area is 146 Å². The quantitative estimate of drug-likeness (QED) is 0.799. The largest absolute Gasteiger partial charge is 0.481 e. The molecule has 0 unspecified atom stereocenters. The van der Waals surface area contributed by atoms with Crippen LogP contribution in [-0.2, 0) is 25.5 Å². The summed E-state index contributed by atoms with van der Waals surface area (Å²) in [5, 5.41) is 12.2. The van der Waals surface area contributed by atoms with Gasteiger partial charge >= 0.3 is 5.97 Å². The lowest BCUT2D eigenvalue weighted by molar-refractivity contribution is -0.157. The molecule has 3 rings (SSSR count). The molecule has 0 aromatic heterocycles. The molecule has 134 valence electrons. The van der Waals surface area contributed by atoms with Crippen LogP contribution in [0.25, 0.3) is 0 Å². The highest BCUT2D eigenvalue weighted by molar-refractivity contribution is 5.87. The molecule has 1 aromatic carbocycles. The van der Waals surface area contributed by atoms with Crippen molar-refractivity contribution in [3.63, 3.8) is 0 Å². The number of benzene rings is 1. The molecule has 0 spiro atoms. The second kappa shape index (κ2) is 7.23. The van der Waals surface area contributed by atoms with E-state index in [9.17, 15) is 19.5 Å². The Bertz CT molecular complexity index is 663. The number of fused-ring (bicyclic) bond motifs is 1. The van der Waals surface area contributed by atoms with Crippen molar-refractivity contribution < 1.29 is 24.2 Å². The number of carboxylic acid groups (broad SMARTS) is 1. The third kappa shape index (κ3) is 3.66. The standard InChI is InChI=1S/C18H22N2O5/c21-15(8-13-4-2-1-3-5-13)19-9-16(22)20-10-14-11-25-7-6-18(14,12-20)17(23)24/h1-5,14H,6-12H2,(H,19,21)(H,23,24)/t14-,18+/m0/s1. The Balaban J connectivity index is 1.53. The van der Waals surface area contributed by atoms with Gasteiger partial charge in [-0.25, -0.2) is 0 Å². The van der Waals surface area contributed by atoms with Crippen molar-refractivity contribution in [1.29, 1.82) is 0 Å². The molecule has 0 radical (unpaired) electrons. The number of hydrogen-bond acceptors (Lipinski definition) is 4. The Morgan fingerprint density at radius 1 is 1.28 bits per heavy atom. The van der Waals surface area contributed by atoms with Crippen LogP contribution < -0.4 is 5.32 Å². The van der Waals surface area contributed by atoms with Crippen LogP contribution in [0.5, 0.6) is 0 Å². The number of aliphatic carboxylic acids is 1. The summed E-state index contributed by atoms with van der Waals surface area (Å²) < 4.78 is 5.38. The molecule has 2 heterocycles. The fourth-order valence-electron chi connectivity index (χ4n) is 3.62. The first-order valence-electron chi connectivity index (χ1n) is 8.41. The monoisotopic (exact) mass is 346 g/mol. The maximum atomic E-state index is 12.4. The number of carboxylic acids is 1. The molecule has 25 heavy (non-hydrogen) atoms. The summed E-state index contributed by atoms with van der Waals surface area (Å²) in [5.41, 5.74) is -0.0382. The third-order valence-corrected chi connectivity index (χ3v) is 5.13. The highest BCUT2D eigenvalue weighted by atomic mass is 16.5. The highest BCUT2D eigenvalue weighted by Gasteiger charge is 2.54. The fourth-order valence-corrected chi connectivity index (χ4v) is 3.62. The average molecular weight is 346 g/mol. The van der Waals surface area contributed by atoms with E-state index in [-0.39, 0.29) is 37.2 Å². The van der Waals surface area contributed by atoms with Crippen LogP contribution in [0, 0.1) is 11.3 Å². The van der Waals surface area contributed by atoms with Gasteiger partial charge in [0.1, 0.15) is 0 Å². The van der Waals surface area contributed by atoms with E-state index in [2.05, 4.69) is 5.32 Å². The van der Waals surface area contributed by atoms with Crippen LogP contribution in [0.15, 0.2) is 30.3 Å². The van der Waals surface area contributed by atoms with Gasteiger partial charge < -0.3 is 20.1 Å². The summed E-state index contributed by atoms with van der Waals surface area (Å²) in [6.07, 6.45) is 0.626. The van der Waals surface area contributed by atoms with E-state index in [1.54, 1.807) is 0 Å². The minimum absolute atomic E-state index is 0.116. The number of ether oxygens (including phenoxy) is 1. The van der Waals surface area contributed by atoms with Gasteiger partial charge in [-0.2, -0.15) is 0 Å². The second-order valence-corrected chi connectivity index (χ2v) is 6.70. The van der Waals surface area contributed by atoms with Gasteiger partial charge in [-0.15, -0.1) is 0 Å². The number of carbonyl (C=O) groups excluding carboxylic acids is 2. The number of carbonyl (C=O) groups is 3. The number of nitrogens with zero attached hydrogens (tertiary/aromatic N) is 1. The van der Waals surface area contributed by atoms with E-state index in [0.29, 0.717) is 26.2 Å². The first-order chi connectivity index (χ1) is 12.0. The third-order valence-electron chi connectivity index (χ3n) is 5.13. The molecule has 2 atom stereocenters. The smallest absolute Gasteiger partial charge is 0.311 e. The molecule has 2 aliphatic heterocycles. The lowest BCUT2D eigenvalue weighted by Crippen LogP contribution is -2.45. The average Bonchev–Trinajstić information content (AvgIpc) is 3.02. The first kappa shape index (κ1) is 17.4. The number of hydrogen-bond donors (Lipinski definition) is 2. The van der Waals surface area contributed by atoms with Crippen LogP contribution in [0.2, 0.25) is 0 Å². The van der Waals surface area contributed by atoms with Gasteiger partial charge in [0.05, 0.1) is 25.0 Å². The molecule has 2 saturated heterocycles. The van der Waals surface area contributed by atoms with Gasteiger partial charge in [-0.3, -0.25) is 14.4 Å². The summed E-state index contributed by atoms with van der Waals surface area (Å²) >= 11 is 0. The summed E-state index contributed by atoms with van der Waals surface area (Å²) in [6, 6.07) is 9.28. The Kier molecular flexibility index (Phi) is 5.03. The van der Waals surface area contributed by atoms with Gasteiger partial charge in [-0.05, 0) is 12.0 Å². The lowest BCUT2D eigenvalue weighted by atomic mass is 9.74. The van der Waals surface area contributed by atoms with Crippen LogP contribution in [0.1, 0.15) is 12.0 Å². The summed E-state index contributed by atoms with van der Waals surface area (Å²) in [4.78, 5) is 37.6. The summed E-state index contributed by atoms with van der Waals surface area (Å²) in [7, 11) is 0. The van der Waals surface area contributed by atoms with E-state index in [0.717, 1.165) is 5.56 Å². The summed E-state index contributed by atoms with van der Waals surface area (Å²) in [5.74, 6) is -1.55. The van der Waals surface area contributed by atoms with E-state index in [1.165, 1.54) is 4.90 Å². The molecule has 7 nitrogen and oxygen atoms in total. The number of rotatable bonds is 5. The van der Waals surface area contributed by atoms with Crippen LogP contribution in [0.3, 0.4) is 0 Å². The molecule has 1 aromatic rings. The van der Waals surface area contributed by atoms with Gasteiger partial charge in [0.25, 0.3) is 0 Å². The Hall–Kier alpha value is -2.41. The molecule has 2 N–H and O–H groups in total. The number of likely N-dealkylation sites (tertiary alicyclic amines) is 1. The predicted molar refractivity (Wildman–Crippen MR) is 88.7 cm³/mol. The minimum atomic E-state index is -0.915. The molecule has 2 fully saturated rings. The predicted octanol–water partition coefficient (Wildman–Crippen LogP) is 0.295. The maximum absolute atomic E-state index is 12.4. The van der Waals surface area contributed by atoms with Crippen molar-refractivity contribution in [2.45, 2.75) is 12.8 Å². The molecule has 2 aliphatic rings. The van der Waals surface area contributed by atoms with Crippen molar-refractivity contribution in [3.8, 4) is 0 Å². The van der Waals surface area contributed by atoms with Crippen molar-refractivity contribution in [2.75, 3.05) is 32.8 Å². The molecule has 0 bridgehead atoms. The van der Waals surface area contributed by atoms with E-state index in [4.69, 9.17) is 4.74 Å². The fraction of sp³-hybridized carbons (Fsp3) is 0.500. The molecular formula is C18H22N2O5. The topological polar surface area (TPSA) is 95.9 Å². The van der Waals surface area contributed by atoms with E-state index >= 15 is 0 Å². The number of amides is 2. The highest BCUT2D eigenvalue weighted by Crippen LogP contribution is 2.42. The normalized spacial score (nSPS) is 25.3. The maximum Gasteiger partial charge on any atom is 0.311 e. The lowest BCUT2D eigenvalue weighted by Gasteiger charge is -2.33. The van der Waals surface area contributed by atoms with Crippen LogP contribution >= 0.6 is 0 Å². The molecule has 0 saturated carbocycles. The molecule has 2 amide bonds. The van der Waals surface area contributed by atoms with Gasteiger partial charge in [0, 0.05) is 25.6 Å². The summed E-state index contributed by atoms with van der Waals surface area (Å²) in [6.45, 7) is 1.19. The van der Waals surface area contributed by atoms with Crippen molar-refractivity contribution >= 4 is 17.8 Å². The van der Waals surface area contributed by atoms with Gasteiger partial charge in [0.15, 0.2) is 0 Å². The molecular weight excluding hydrogens is 324 g/mol. The first-order valence-corrected chi connectivity index (χ1v) is 8.41. The van der Waals surface area contributed by atoms with E-state index in [1.807, 2.05) is 30.3 Å². The minimum Gasteiger partial charge on any atom is -0.481 e. The van der Waals surface area contributed by atoms with Crippen molar-refractivity contribution in [2.24, 2.45) is 11.3 Å². The van der Waals surface area contributed by atoms with E-state index < -0.39 is 11.4 Å². The second-order valence-electron chi connectivity index (χ2n) is 6.70. The molecule has 0 aliphatic carbocycles. The zero-order valence-electron chi connectivity index (χ0n) is 13.9. The Morgan fingerprint density at radius 3 is 2.72 bits per heavy atom. The van der Waals surface area contributed by atoms with Crippen LogP contribution in [0.4, 0.5) is 0 Å². The molecule has 7 heteroatoms. The van der Waals surface area contributed by atoms with Gasteiger partial charge in [-0.1, -0.05) is 30.3 Å². The van der Waals surface area contributed by atoms with Crippen molar-refractivity contribution in [3.05, 3.63) is 35.9 Å². The van der Waals surface area contributed by atoms with Crippen molar-refractivity contribution in [1.82, 2.24) is 10.2 Å². The van der Waals surface area contributed by atoms with Gasteiger partial charge in [0.2, 0.25) is 11.8 Å². The van der Waals surface area contributed by atoms with Crippen LogP contribution in [-0.4, -0.2) is 60.6 Å². The number of nitrogens with one attached hydrogen (secondary N) is 1.